The van der Waals surface area contributed by atoms with Gasteiger partial charge in [0.05, 0.1) is 18.0 Å². The van der Waals surface area contributed by atoms with Crippen LogP contribution in [0.1, 0.15) is 24.5 Å². The average Bonchev–Trinajstić information content (AvgIpc) is 3.08. The summed E-state index contributed by atoms with van der Waals surface area (Å²) < 4.78 is 27.4. The molecule has 0 radical (unpaired) electrons. The Morgan fingerprint density at radius 3 is 2.68 bits per heavy atom. The third-order valence-corrected chi connectivity index (χ3v) is 6.99. The van der Waals surface area contributed by atoms with Crippen LogP contribution in [0.4, 0.5) is 0 Å². The molecule has 136 valence electrons. The highest BCUT2D eigenvalue weighted by Gasteiger charge is 2.35. The lowest BCUT2D eigenvalue weighted by molar-refractivity contribution is -0.943. The van der Waals surface area contributed by atoms with Crippen LogP contribution >= 0.6 is 12.2 Å². The molecule has 9 heteroatoms. The summed E-state index contributed by atoms with van der Waals surface area (Å²) in [7, 11) is -2.90. The lowest BCUT2D eigenvalue weighted by Gasteiger charge is -2.22. The van der Waals surface area contributed by atoms with E-state index in [1.807, 2.05) is 26.0 Å². The number of hydrogen-bond acceptors (Lipinski definition) is 5. The first-order chi connectivity index (χ1) is 11.8. The van der Waals surface area contributed by atoms with Crippen LogP contribution in [0, 0.1) is 18.6 Å². The molecule has 1 aromatic heterocycles. The van der Waals surface area contributed by atoms with Crippen molar-refractivity contribution in [2.75, 3.05) is 18.1 Å². The van der Waals surface area contributed by atoms with Gasteiger partial charge in [0, 0.05) is 6.42 Å². The Kier molecular flexibility index (Phi) is 5.08. The van der Waals surface area contributed by atoms with Gasteiger partial charge in [0.1, 0.15) is 11.8 Å². The van der Waals surface area contributed by atoms with Gasteiger partial charge >= 0.3 is 0 Å². The van der Waals surface area contributed by atoms with Crippen molar-refractivity contribution in [1.82, 2.24) is 19.8 Å². The lowest BCUT2D eigenvalue weighted by atomic mass is 10.1. The summed E-state index contributed by atoms with van der Waals surface area (Å²) in [6.45, 7) is 7.47. The maximum Gasteiger partial charge on any atom is 0.225 e. The Morgan fingerprint density at radius 1 is 1.32 bits per heavy atom. The topological polar surface area (TPSA) is 74.2 Å². The number of sulfone groups is 1. The summed E-state index contributed by atoms with van der Waals surface area (Å²) >= 11 is 5.56. The molecule has 2 atom stereocenters. The summed E-state index contributed by atoms with van der Waals surface area (Å²) in [5.74, 6) is 0.524. The lowest BCUT2D eigenvalue weighted by Crippen LogP contribution is -3.15. The average molecular weight is 383 g/mol. The maximum atomic E-state index is 11.8. The van der Waals surface area contributed by atoms with E-state index in [0.29, 0.717) is 17.9 Å². The third-order valence-electron chi connectivity index (χ3n) is 4.84. The minimum Gasteiger partial charge on any atom is -0.313 e. The second-order valence-corrected chi connectivity index (χ2v) is 9.33. The van der Waals surface area contributed by atoms with E-state index in [1.165, 1.54) is 10.5 Å². The number of nitrogens with one attached hydrogen (secondary N) is 1. The molecule has 7 nitrogen and oxygen atoms in total. The molecule has 0 amide bonds. The molecule has 1 fully saturated rings. The summed E-state index contributed by atoms with van der Waals surface area (Å²) in [6.07, 6.45) is 0.698. The predicted octanol–water partition coefficient (Wildman–Crippen LogP) is 0.465. The first-order valence-corrected chi connectivity index (χ1v) is 10.7. The minimum absolute atomic E-state index is 0.100. The number of aryl methyl sites for hydroxylation is 2. The number of aromatic nitrogens is 4. The van der Waals surface area contributed by atoms with Crippen LogP contribution < -0.4 is 4.90 Å². The molecule has 1 aromatic carbocycles. The molecule has 0 spiro atoms. The van der Waals surface area contributed by atoms with Crippen molar-refractivity contribution in [2.45, 2.75) is 39.9 Å². The molecule has 1 unspecified atom stereocenters. The fraction of sp³-hybridized carbons (Fsp3) is 0.562. The summed E-state index contributed by atoms with van der Waals surface area (Å²) in [5.41, 5.74) is 3.19. The number of benzene rings is 1. The SMILES string of the molecule is CC[NH+](Cn1nnn(-c2ccc(C)cc2C)c1=S)[C@H]1CCS(=O)(=O)C1. The smallest absolute Gasteiger partial charge is 0.225 e. The molecule has 0 aliphatic carbocycles. The maximum absolute atomic E-state index is 11.8. The minimum atomic E-state index is -2.90. The highest BCUT2D eigenvalue weighted by Crippen LogP contribution is 2.15. The van der Waals surface area contributed by atoms with E-state index in [9.17, 15) is 8.42 Å². The number of nitrogens with zero attached hydrogens (tertiary/aromatic N) is 4. The molecule has 3 rings (SSSR count). The molecular formula is C16H24N5O2S2+. The third kappa shape index (κ3) is 3.83. The Labute approximate surface area is 153 Å². The largest absolute Gasteiger partial charge is 0.313 e. The van der Waals surface area contributed by atoms with Gasteiger partial charge in [0.2, 0.25) is 4.77 Å². The molecule has 25 heavy (non-hydrogen) atoms. The van der Waals surface area contributed by atoms with Gasteiger partial charge in [-0.3, -0.25) is 0 Å². The van der Waals surface area contributed by atoms with Gasteiger partial charge in [0.25, 0.3) is 0 Å². The molecule has 0 bridgehead atoms. The highest BCUT2D eigenvalue weighted by molar-refractivity contribution is 7.91. The van der Waals surface area contributed by atoms with E-state index in [-0.39, 0.29) is 17.5 Å². The number of hydrogen-bond donors (Lipinski definition) is 1. The van der Waals surface area contributed by atoms with Crippen LogP contribution in [0.25, 0.3) is 5.69 Å². The fourth-order valence-electron chi connectivity index (χ4n) is 3.41. The van der Waals surface area contributed by atoms with Crippen molar-refractivity contribution in [3.8, 4) is 5.69 Å². The van der Waals surface area contributed by atoms with Crippen molar-refractivity contribution < 1.29 is 13.3 Å². The molecule has 1 N–H and O–H groups in total. The van der Waals surface area contributed by atoms with E-state index in [2.05, 4.69) is 23.4 Å². The Bertz CT molecular complexity index is 932. The van der Waals surface area contributed by atoms with E-state index < -0.39 is 9.84 Å². The monoisotopic (exact) mass is 382 g/mol. The van der Waals surface area contributed by atoms with Crippen molar-refractivity contribution in [2.24, 2.45) is 0 Å². The first-order valence-electron chi connectivity index (χ1n) is 8.46. The van der Waals surface area contributed by atoms with E-state index >= 15 is 0 Å². The first kappa shape index (κ1) is 18.2. The molecular weight excluding hydrogens is 358 g/mol. The summed E-state index contributed by atoms with van der Waals surface area (Å²) in [4.78, 5) is 1.17. The molecule has 1 saturated heterocycles. The van der Waals surface area contributed by atoms with Gasteiger partial charge in [-0.25, -0.2) is 8.42 Å². The molecule has 0 saturated carbocycles. The Hall–Kier alpha value is -1.58. The zero-order valence-corrected chi connectivity index (χ0v) is 16.4. The van der Waals surface area contributed by atoms with E-state index in [1.54, 1.807) is 9.36 Å². The van der Waals surface area contributed by atoms with Crippen LogP contribution in [-0.4, -0.2) is 52.3 Å². The second kappa shape index (κ2) is 6.97. The normalized spacial score (nSPS) is 20.7. The number of tetrazole rings is 1. The van der Waals surface area contributed by atoms with Crippen molar-refractivity contribution in [3.63, 3.8) is 0 Å². The van der Waals surface area contributed by atoms with Crippen LogP contribution in [-0.2, 0) is 16.5 Å². The van der Waals surface area contributed by atoms with Crippen molar-refractivity contribution >= 4 is 22.1 Å². The molecule has 1 aliphatic rings. The zero-order valence-electron chi connectivity index (χ0n) is 14.8. The fourth-order valence-corrected chi connectivity index (χ4v) is 5.47. The van der Waals surface area contributed by atoms with Gasteiger partial charge in [-0.15, -0.1) is 0 Å². The quantitative estimate of drug-likeness (QED) is 0.761. The van der Waals surface area contributed by atoms with Crippen molar-refractivity contribution in [1.29, 1.82) is 0 Å². The molecule has 2 heterocycles. The van der Waals surface area contributed by atoms with Gasteiger partial charge in [-0.2, -0.15) is 9.36 Å². The van der Waals surface area contributed by atoms with Crippen LogP contribution in [0.5, 0.6) is 0 Å². The van der Waals surface area contributed by atoms with Crippen LogP contribution in [0.15, 0.2) is 18.2 Å². The Balaban J connectivity index is 1.84. The van der Waals surface area contributed by atoms with Gasteiger partial charge in [0.15, 0.2) is 16.5 Å². The van der Waals surface area contributed by atoms with Crippen LogP contribution in [0.2, 0.25) is 0 Å². The van der Waals surface area contributed by atoms with Crippen molar-refractivity contribution in [3.05, 3.63) is 34.1 Å². The van der Waals surface area contributed by atoms with Gasteiger partial charge in [-0.1, -0.05) is 17.7 Å². The van der Waals surface area contributed by atoms with Crippen LogP contribution in [0.3, 0.4) is 0 Å². The summed E-state index contributed by atoms with van der Waals surface area (Å²) in [5, 5.41) is 8.42. The number of quaternary nitrogens is 1. The van der Waals surface area contributed by atoms with Gasteiger partial charge in [-0.05, 0) is 55.0 Å². The second-order valence-electron chi connectivity index (χ2n) is 6.73. The standard InChI is InChI=1S/C16H23N5O2S2/c1-4-19(14-7-8-25(22,23)10-14)11-20-16(24)21(18-17-20)15-6-5-12(2)9-13(15)3/h5-6,9,14H,4,7-8,10-11H2,1-3H3/p+1/t14-/m0/s1. The van der Waals surface area contributed by atoms with E-state index in [0.717, 1.165) is 17.8 Å². The number of rotatable bonds is 5. The van der Waals surface area contributed by atoms with E-state index in [4.69, 9.17) is 12.2 Å². The summed E-state index contributed by atoms with van der Waals surface area (Å²) in [6, 6.07) is 6.20. The Morgan fingerprint density at radius 2 is 2.08 bits per heavy atom. The highest BCUT2D eigenvalue weighted by atomic mass is 32.2. The molecule has 2 aromatic rings. The molecule has 1 aliphatic heterocycles. The van der Waals surface area contributed by atoms with Gasteiger partial charge < -0.3 is 4.90 Å². The zero-order chi connectivity index (χ0) is 18.2. The predicted molar refractivity (Wildman–Crippen MR) is 98.2 cm³/mol.